The van der Waals surface area contributed by atoms with Gasteiger partial charge in [0.05, 0.1) is 23.7 Å². The normalized spacial score (nSPS) is 15.4. The van der Waals surface area contributed by atoms with E-state index in [9.17, 15) is 15.2 Å². The van der Waals surface area contributed by atoms with Gasteiger partial charge in [0, 0.05) is 25.2 Å². The molecule has 1 aliphatic heterocycles. The summed E-state index contributed by atoms with van der Waals surface area (Å²) in [6.45, 7) is 2.38. The number of aromatic hydroxyl groups is 1. The molecule has 1 N–H and O–H groups in total. The van der Waals surface area contributed by atoms with Crippen LogP contribution < -0.4 is 0 Å². The van der Waals surface area contributed by atoms with Crippen LogP contribution in [0.15, 0.2) is 18.2 Å². The largest absolute Gasteiger partial charge is 0.507 e. The number of thiocarbonyl (C=S) groups is 1. The summed E-state index contributed by atoms with van der Waals surface area (Å²) in [4.78, 5) is 12.5. The summed E-state index contributed by atoms with van der Waals surface area (Å²) in [5.41, 5.74) is 0.236. The molecule has 1 heterocycles. The maximum atomic E-state index is 10.7. The molecule has 0 saturated carbocycles. The van der Waals surface area contributed by atoms with E-state index >= 15 is 0 Å². The number of benzene rings is 1. The average molecular weight is 268 g/mol. The van der Waals surface area contributed by atoms with Crippen molar-refractivity contribution in [1.29, 1.82) is 0 Å². The van der Waals surface area contributed by atoms with Crippen LogP contribution in [-0.4, -0.2) is 46.2 Å². The van der Waals surface area contributed by atoms with Crippen molar-refractivity contribution >= 4 is 22.9 Å². The zero-order valence-electron chi connectivity index (χ0n) is 9.54. The topological polar surface area (TPSA) is 75.8 Å². The highest BCUT2D eigenvalue weighted by Crippen LogP contribution is 2.25. The zero-order valence-corrected chi connectivity index (χ0v) is 10.4. The second-order valence-electron chi connectivity index (χ2n) is 3.86. The van der Waals surface area contributed by atoms with Crippen molar-refractivity contribution in [3.05, 3.63) is 33.9 Å². The molecule has 0 aromatic heterocycles. The summed E-state index contributed by atoms with van der Waals surface area (Å²) in [7, 11) is 0. The molecular weight excluding hydrogens is 256 g/mol. The van der Waals surface area contributed by atoms with Crippen LogP contribution in [0.2, 0.25) is 0 Å². The van der Waals surface area contributed by atoms with Crippen molar-refractivity contribution in [2.24, 2.45) is 0 Å². The van der Waals surface area contributed by atoms with Crippen LogP contribution in [0.4, 0.5) is 5.69 Å². The Morgan fingerprint density at radius 3 is 2.72 bits per heavy atom. The maximum Gasteiger partial charge on any atom is 0.270 e. The predicted molar refractivity (Wildman–Crippen MR) is 68.9 cm³/mol. The minimum absolute atomic E-state index is 0.0444. The molecule has 0 amide bonds. The van der Waals surface area contributed by atoms with Gasteiger partial charge in [0.1, 0.15) is 10.7 Å². The van der Waals surface area contributed by atoms with Crippen LogP contribution in [0.5, 0.6) is 5.75 Å². The molecule has 1 saturated heterocycles. The highest BCUT2D eigenvalue weighted by atomic mass is 32.1. The second kappa shape index (κ2) is 5.28. The lowest BCUT2D eigenvalue weighted by molar-refractivity contribution is -0.384. The number of hydrogen-bond donors (Lipinski definition) is 1. The smallest absolute Gasteiger partial charge is 0.270 e. The molecule has 1 aromatic carbocycles. The van der Waals surface area contributed by atoms with E-state index in [1.54, 1.807) is 0 Å². The summed E-state index contributed by atoms with van der Waals surface area (Å²) in [6, 6.07) is 3.84. The molecule has 2 rings (SSSR count). The van der Waals surface area contributed by atoms with Crippen molar-refractivity contribution in [3.63, 3.8) is 0 Å². The molecule has 96 valence electrons. The maximum absolute atomic E-state index is 10.7. The lowest BCUT2D eigenvalue weighted by atomic mass is 10.1. The lowest BCUT2D eigenvalue weighted by Crippen LogP contribution is -2.40. The molecule has 1 fully saturated rings. The molecule has 1 aromatic rings. The molecular formula is C11H12N2O4S. The molecule has 7 heteroatoms. The Kier molecular flexibility index (Phi) is 3.73. The molecule has 0 spiro atoms. The number of phenolic OH excluding ortho intramolecular Hbond substituents is 1. The highest BCUT2D eigenvalue weighted by Gasteiger charge is 2.20. The van der Waals surface area contributed by atoms with Crippen LogP contribution in [0.3, 0.4) is 0 Å². The number of phenols is 1. The van der Waals surface area contributed by atoms with Crippen LogP contribution in [0.1, 0.15) is 5.56 Å². The Labute approximate surface area is 109 Å². The first-order chi connectivity index (χ1) is 8.59. The lowest BCUT2D eigenvalue weighted by Gasteiger charge is -2.29. The summed E-state index contributed by atoms with van der Waals surface area (Å²) < 4.78 is 5.21. The van der Waals surface area contributed by atoms with Crippen molar-refractivity contribution in [2.75, 3.05) is 26.3 Å². The molecule has 18 heavy (non-hydrogen) atoms. The van der Waals surface area contributed by atoms with Gasteiger partial charge in [0.2, 0.25) is 0 Å². The molecule has 0 aliphatic carbocycles. The molecule has 0 bridgehead atoms. The van der Waals surface area contributed by atoms with Gasteiger partial charge in [0.15, 0.2) is 0 Å². The van der Waals surface area contributed by atoms with Crippen molar-refractivity contribution < 1.29 is 14.8 Å². The number of morpholine rings is 1. The first-order valence-corrected chi connectivity index (χ1v) is 5.85. The van der Waals surface area contributed by atoms with E-state index < -0.39 is 4.92 Å². The Balaban J connectivity index is 2.28. The third-order valence-corrected chi connectivity index (χ3v) is 3.20. The van der Waals surface area contributed by atoms with Crippen molar-refractivity contribution in [3.8, 4) is 5.75 Å². The Bertz CT molecular complexity index is 486. The summed E-state index contributed by atoms with van der Waals surface area (Å²) in [6.07, 6.45) is 0. The fraction of sp³-hybridized carbons (Fsp3) is 0.364. The van der Waals surface area contributed by atoms with E-state index in [0.717, 1.165) is 0 Å². The van der Waals surface area contributed by atoms with Gasteiger partial charge in [-0.25, -0.2) is 0 Å². The monoisotopic (exact) mass is 268 g/mol. The SMILES string of the molecule is O=[N+]([O-])c1ccc(O)c(C(=S)N2CCOCC2)c1. The fourth-order valence-electron chi connectivity index (χ4n) is 1.75. The van der Waals surface area contributed by atoms with Gasteiger partial charge >= 0.3 is 0 Å². The third-order valence-electron chi connectivity index (χ3n) is 2.72. The summed E-state index contributed by atoms with van der Waals surface area (Å²) >= 11 is 5.26. The Morgan fingerprint density at radius 1 is 1.44 bits per heavy atom. The van der Waals surface area contributed by atoms with Gasteiger partial charge < -0.3 is 14.7 Å². The summed E-state index contributed by atoms with van der Waals surface area (Å²) in [5.74, 6) is -0.0444. The highest BCUT2D eigenvalue weighted by molar-refractivity contribution is 7.80. The Morgan fingerprint density at radius 2 is 2.11 bits per heavy atom. The van der Waals surface area contributed by atoms with E-state index in [1.807, 2.05) is 4.90 Å². The van der Waals surface area contributed by atoms with Gasteiger partial charge in [0.25, 0.3) is 5.69 Å². The van der Waals surface area contributed by atoms with E-state index in [1.165, 1.54) is 18.2 Å². The predicted octanol–water partition coefficient (Wildman–Crippen LogP) is 1.31. The van der Waals surface area contributed by atoms with Crippen LogP contribution in [0.25, 0.3) is 0 Å². The zero-order chi connectivity index (χ0) is 13.1. The quantitative estimate of drug-likeness (QED) is 0.495. The fourth-order valence-corrected chi connectivity index (χ4v) is 2.09. The van der Waals surface area contributed by atoms with Crippen LogP contribution in [-0.2, 0) is 4.74 Å². The van der Waals surface area contributed by atoms with Crippen molar-refractivity contribution in [2.45, 2.75) is 0 Å². The Hall–Kier alpha value is -1.73. The second-order valence-corrected chi connectivity index (χ2v) is 4.25. The number of nitrogens with zero attached hydrogens (tertiary/aromatic N) is 2. The third kappa shape index (κ3) is 2.57. The molecule has 6 nitrogen and oxygen atoms in total. The molecule has 0 radical (unpaired) electrons. The number of hydrogen-bond acceptors (Lipinski definition) is 5. The van der Waals surface area contributed by atoms with E-state index in [4.69, 9.17) is 17.0 Å². The van der Waals surface area contributed by atoms with Crippen LogP contribution in [0, 0.1) is 10.1 Å². The first kappa shape index (κ1) is 12.7. The van der Waals surface area contributed by atoms with Gasteiger partial charge in [-0.2, -0.15) is 0 Å². The standard InChI is InChI=1S/C11H12N2O4S/c14-10-2-1-8(13(15)16)7-9(10)11(18)12-3-5-17-6-4-12/h1-2,7,14H,3-6H2. The molecule has 0 unspecified atom stereocenters. The first-order valence-electron chi connectivity index (χ1n) is 5.44. The minimum Gasteiger partial charge on any atom is -0.507 e. The van der Waals surface area contributed by atoms with E-state index in [0.29, 0.717) is 36.9 Å². The number of nitro benzene ring substituents is 1. The van der Waals surface area contributed by atoms with Gasteiger partial charge in [-0.05, 0) is 6.07 Å². The summed E-state index contributed by atoms with van der Waals surface area (Å²) in [5, 5.41) is 20.5. The van der Waals surface area contributed by atoms with E-state index in [-0.39, 0.29) is 11.4 Å². The number of nitro groups is 1. The van der Waals surface area contributed by atoms with Crippen LogP contribution >= 0.6 is 12.2 Å². The van der Waals surface area contributed by atoms with Gasteiger partial charge in [-0.1, -0.05) is 12.2 Å². The van der Waals surface area contributed by atoms with Crippen molar-refractivity contribution in [1.82, 2.24) is 4.90 Å². The molecule has 1 aliphatic rings. The number of rotatable bonds is 2. The average Bonchev–Trinajstić information content (AvgIpc) is 2.39. The number of non-ortho nitro benzene ring substituents is 1. The molecule has 0 atom stereocenters. The van der Waals surface area contributed by atoms with Gasteiger partial charge in [-0.3, -0.25) is 10.1 Å². The van der Waals surface area contributed by atoms with E-state index in [2.05, 4.69) is 0 Å². The number of ether oxygens (including phenoxy) is 1. The minimum atomic E-state index is -0.509. The van der Waals surface area contributed by atoms with Gasteiger partial charge in [-0.15, -0.1) is 0 Å².